The zero-order valence-corrected chi connectivity index (χ0v) is 10.1. The first kappa shape index (κ1) is 11.3. The molecule has 0 saturated carbocycles. The lowest BCUT2D eigenvalue weighted by Gasteiger charge is -2.31. The maximum atomic E-state index is 5.27. The van der Waals surface area contributed by atoms with Gasteiger partial charge in [0.25, 0.3) is 0 Å². The van der Waals surface area contributed by atoms with Crippen molar-refractivity contribution < 1.29 is 4.74 Å². The lowest BCUT2D eigenvalue weighted by Crippen LogP contribution is -2.43. The molecule has 0 spiro atoms. The third-order valence-corrected chi connectivity index (χ3v) is 3.13. The minimum Gasteiger partial charge on any atom is -0.497 e. The predicted octanol–water partition coefficient (Wildman–Crippen LogP) is 1.67. The van der Waals surface area contributed by atoms with Crippen molar-refractivity contribution in [2.75, 3.05) is 38.2 Å². The van der Waals surface area contributed by atoms with Crippen LogP contribution in [0.15, 0.2) is 18.2 Å². The van der Waals surface area contributed by atoms with Crippen molar-refractivity contribution in [1.29, 1.82) is 0 Å². The lowest BCUT2D eigenvalue weighted by molar-refractivity contribution is 0.414. The molecule has 0 unspecified atom stereocenters. The van der Waals surface area contributed by atoms with Crippen LogP contribution in [0.25, 0.3) is 0 Å². The van der Waals surface area contributed by atoms with Gasteiger partial charge in [-0.15, -0.1) is 0 Å². The quantitative estimate of drug-likeness (QED) is 0.838. The number of ether oxygens (including phenoxy) is 1. The van der Waals surface area contributed by atoms with E-state index in [-0.39, 0.29) is 0 Å². The van der Waals surface area contributed by atoms with Crippen LogP contribution in [0.5, 0.6) is 5.75 Å². The summed E-state index contributed by atoms with van der Waals surface area (Å²) >= 11 is 0. The van der Waals surface area contributed by atoms with Crippen molar-refractivity contribution in [3.05, 3.63) is 23.8 Å². The van der Waals surface area contributed by atoms with Gasteiger partial charge in [0, 0.05) is 31.9 Å². The van der Waals surface area contributed by atoms with Gasteiger partial charge in [0.05, 0.1) is 7.11 Å². The Labute approximate surface area is 97.4 Å². The van der Waals surface area contributed by atoms with E-state index in [0.29, 0.717) is 0 Å². The topological polar surface area (TPSA) is 24.5 Å². The minimum atomic E-state index is 0.954. The van der Waals surface area contributed by atoms with Crippen LogP contribution < -0.4 is 15.0 Å². The summed E-state index contributed by atoms with van der Waals surface area (Å²) in [5, 5.41) is 3.38. The highest BCUT2D eigenvalue weighted by Crippen LogP contribution is 2.26. The Morgan fingerprint density at radius 2 is 2.06 bits per heavy atom. The monoisotopic (exact) mass is 220 g/mol. The molecule has 1 aromatic carbocycles. The predicted molar refractivity (Wildman–Crippen MR) is 67.5 cm³/mol. The molecule has 0 aromatic heterocycles. The molecular weight excluding hydrogens is 200 g/mol. The number of nitrogens with one attached hydrogen (secondary N) is 1. The van der Waals surface area contributed by atoms with Crippen LogP contribution in [-0.4, -0.2) is 33.3 Å². The Morgan fingerprint density at radius 1 is 1.31 bits per heavy atom. The van der Waals surface area contributed by atoms with Gasteiger partial charge in [0.1, 0.15) is 5.75 Å². The first-order valence-corrected chi connectivity index (χ1v) is 5.97. The van der Waals surface area contributed by atoms with Crippen LogP contribution in [0.3, 0.4) is 0 Å². The van der Waals surface area contributed by atoms with E-state index in [1.807, 2.05) is 0 Å². The molecule has 88 valence electrons. The van der Waals surface area contributed by atoms with Gasteiger partial charge >= 0.3 is 0 Å². The third kappa shape index (κ3) is 2.30. The molecule has 16 heavy (non-hydrogen) atoms. The molecule has 3 nitrogen and oxygen atoms in total. The zero-order valence-electron chi connectivity index (χ0n) is 10.1. The highest BCUT2D eigenvalue weighted by Gasteiger charge is 2.13. The summed E-state index contributed by atoms with van der Waals surface area (Å²) in [7, 11) is 1.72. The molecule has 0 amide bonds. The van der Waals surface area contributed by atoms with E-state index in [1.54, 1.807) is 7.11 Å². The summed E-state index contributed by atoms with van der Waals surface area (Å²) in [5.74, 6) is 0.954. The van der Waals surface area contributed by atoms with Gasteiger partial charge in [0.15, 0.2) is 0 Å². The van der Waals surface area contributed by atoms with E-state index in [9.17, 15) is 0 Å². The highest BCUT2D eigenvalue weighted by molar-refractivity contribution is 5.56. The summed E-state index contributed by atoms with van der Waals surface area (Å²) in [6, 6.07) is 6.39. The smallest absolute Gasteiger partial charge is 0.119 e. The number of hydrogen-bond donors (Lipinski definition) is 1. The Kier molecular flexibility index (Phi) is 3.67. The van der Waals surface area contributed by atoms with Gasteiger partial charge in [-0.05, 0) is 30.2 Å². The average Bonchev–Trinajstić information content (AvgIpc) is 2.39. The van der Waals surface area contributed by atoms with Crippen LogP contribution in [0.2, 0.25) is 0 Å². The summed E-state index contributed by atoms with van der Waals surface area (Å²) < 4.78 is 5.27. The Bertz CT molecular complexity index is 346. The first-order chi connectivity index (χ1) is 7.85. The van der Waals surface area contributed by atoms with Crippen LogP contribution >= 0.6 is 0 Å². The Balaban J connectivity index is 2.24. The second kappa shape index (κ2) is 5.21. The fraction of sp³-hybridized carbons (Fsp3) is 0.538. The standard InChI is InChI=1S/C13H20N2O/c1-3-11-10-12(16-2)4-5-13(11)15-8-6-14-7-9-15/h4-5,10,14H,3,6-9H2,1-2H3. The number of aryl methyl sites for hydroxylation is 1. The summed E-state index contributed by atoms with van der Waals surface area (Å²) in [4.78, 5) is 2.45. The van der Waals surface area contributed by atoms with Gasteiger partial charge in [-0.3, -0.25) is 0 Å². The van der Waals surface area contributed by atoms with Gasteiger partial charge in [-0.1, -0.05) is 6.92 Å². The number of benzene rings is 1. The number of methoxy groups -OCH3 is 1. The van der Waals surface area contributed by atoms with Crippen molar-refractivity contribution in [2.45, 2.75) is 13.3 Å². The van der Waals surface area contributed by atoms with Crippen LogP contribution in [0.1, 0.15) is 12.5 Å². The number of hydrogen-bond acceptors (Lipinski definition) is 3. The molecule has 1 N–H and O–H groups in total. The molecule has 1 saturated heterocycles. The van der Waals surface area contributed by atoms with E-state index >= 15 is 0 Å². The molecule has 2 rings (SSSR count). The highest BCUT2D eigenvalue weighted by atomic mass is 16.5. The van der Waals surface area contributed by atoms with Crippen molar-refractivity contribution >= 4 is 5.69 Å². The Hall–Kier alpha value is -1.22. The number of piperazine rings is 1. The second-order valence-corrected chi connectivity index (χ2v) is 4.09. The molecule has 1 aliphatic heterocycles. The second-order valence-electron chi connectivity index (χ2n) is 4.09. The van der Waals surface area contributed by atoms with Crippen molar-refractivity contribution in [2.24, 2.45) is 0 Å². The largest absolute Gasteiger partial charge is 0.497 e. The van der Waals surface area contributed by atoms with Crippen LogP contribution in [-0.2, 0) is 6.42 Å². The molecular formula is C13H20N2O. The van der Waals surface area contributed by atoms with E-state index in [4.69, 9.17) is 4.74 Å². The van der Waals surface area contributed by atoms with Crippen molar-refractivity contribution in [3.63, 3.8) is 0 Å². The first-order valence-electron chi connectivity index (χ1n) is 5.97. The van der Waals surface area contributed by atoms with Crippen LogP contribution in [0.4, 0.5) is 5.69 Å². The van der Waals surface area contributed by atoms with E-state index in [2.05, 4.69) is 35.3 Å². The molecule has 0 bridgehead atoms. The van der Waals surface area contributed by atoms with Gasteiger partial charge in [-0.25, -0.2) is 0 Å². The minimum absolute atomic E-state index is 0.954. The molecule has 1 aromatic rings. The lowest BCUT2D eigenvalue weighted by atomic mass is 10.1. The van der Waals surface area contributed by atoms with E-state index < -0.39 is 0 Å². The number of anilines is 1. The molecule has 0 aliphatic carbocycles. The third-order valence-electron chi connectivity index (χ3n) is 3.13. The molecule has 0 radical (unpaired) electrons. The van der Waals surface area contributed by atoms with Gasteiger partial charge in [-0.2, -0.15) is 0 Å². The van der Waals surface area contributed by atoms with Crippen LogP contribution in [0, 0.1) is 0 Å². The fourth-order valence-electron chi connectivity index (χ4n) is 2.19. The molecule has 1 fully saturated rings. The van der Waals surface area contributed by atoms with Gasteiger partial charge in [0.2, 0.25) is 0 Å². The van der Waals surface area contributed by atoms with E-state index in [0.717, 1.165) is 38.3 Å². The van der Waals surface area contributed by atoms with E-state index in [1.165, 1.54) is 11.3 Å². The summed E-state index contributed by atoms with van der Waals surface area (Å²) in [6.07, 6.45) is 1.05. The maximum Gasteiger partial charge on any atom is 0.119 e. The molecule has 3 heteroatoms. The summed E-state index contributed by atoms with van der Waals surface area (Å²) in [5.41, 5.74) is 2.74. The van der Waals surface area contributed by atoms with Crippen molar-refractivity contribution in [3.8, 4) is 5.75 Å². The Morgan fingerprint density at radius 3 is 2.69 bits per heavy atom. The molecule has 1 aliphatic rings. The maximum absolute atomic E-state index is 5.27. The zero-order chi connectivity index (χ0) is 11.4. The number of nitrogens with zero attached hydrogens (tertiary/aromatic N) is 1. The SMILES string of the molecule is CCc1cc(OC)ccc1N1CCNCC1. The van der Waals surface area contributed by atoms with Crippen molar-refractivity contribution in [1.82, 2.24) is 5.32 Å². The fourth-order valence-corrected chi connectivity index (χ4v) is 2.19. The van der Waals surface area contributed by atoms with Gasteiger partial charge < -0.3 is 15.0 Å². The average molecular weight is 220 g/mol. The molecule has 1 heterocycles. The number of rotatable bonds is 3. The normalized spacial score (nSPS) is 16.2. The summed E-state index contributed by atoms with van der Waals surface area (Å²) in [6.45, 7) is 6.55. The molecule has 0 atom stereocenters.